The molecule has 0 N–H and O–H groups in total. The molecule has 0 aromatic carbocycles. The molecule has 0 aliphatic rings. The fraction of sp³-hybridized carbons (Fsp3) is 0.600. The van der Waals surface area contributed by atoms with Gasteiger partial charge < -0.3 is 2.85 Å². The first kappa shape index (κ1) is 6.27. The minimum atomic E-state index is 0. The van der Waals surface area contributed by atoms with Gasteiger partial charge in [-0.05, 0) is 0 Å². The molecule has 0 saturated carbocycles. The molecular weight excluding hydrogens is 87.0 g/mol. The van der Waals surface area contributed by atoms with E-state index in [1.807, 2.05) is 0 Å². The van der Waals surface area contributed by atoms with Crippen LogP contribution in [0.25, 0.3) is 0 Å². The molecule has 0 nitrogen and oxygen atoms in total. The van der Waals surface area contributed by atoms with Gasteiger partial charge in [0.15, 0.2) is 0 Å². The Morgan fingerprint density at radius 2 is 2.33 bits per heavy atom. The van der Waals surface area contributed by atoms with Crippen LogP contribution in [0.1, 0.15) is 16.7 Å². The molecule has 0 atom stereocenters. The van der Waals surface area contributed by atoms with Crippen molar-refractivity contribution in [2.45, 2.75) is 19.1 Å². The second-order valence-electron chi connectivity index (χ2n) is 1.52. The Balaban J connectivity index is -0.000000125. The van der Waals surface area contributed by atoms with E-state index in [-0.39, 0.29) is 2.85 Å². The largest absolute Gasteiger partial charge is 1.00 e. The molecule has 0 amide bonds. The van der Waals surface area contributed by atoms with Crippen LogP contribution in [-0.4, -0.2) is 16.3 Å². The molecule has 0 heterocycles. The van der Waals surface area contributed by atoms with Gasteiger partial charge in [0.25, 0.3) is 0 Å². The molecule has 0 aromatic heterocycles. The maximum absolute atomic E-state index is 2.65. The van der Waals surface area contributed by atoms with E-state index in [0.717, 1.165) is 5.28 Å². The Bertz CT molecular complexity index is 57.4. The molecule has 0 aliphatic carbocycles. The molecule has 0 spiro atoms. The van der Waals surface area contributed by atoms with Gasteiger partial charge in [-0.2, -0.15) is 0 Å². The summed E-state index contributed by atoms with van der Waals surface area (Å²) in [7, 11) is 0. The zero-order chi connectivity index (χ0) is 4.99. The number of rotatable bonds is 1. The summed E-state index contributed by atoms with van der Waals surface area (Å²) in [6.45, 7) is 4.20. The van der Waals surface area contributed by atoms with Gasteiger partial charge in [0.05, 0.1) is 0 Å². The summed E-state index contributed by atoms with van der Waals surface area (Å²) in [4.78, 5) is 0. The zero-order valence-corrected chi connectivity index (χ0v) is 5.52. The van der Waals surface area contributed by atoms with Crippen LogP contribution in [0.5, 0.6) is 0 Å². The number of hydrogen-bond acceptors (Lipinski definition) is 0. The average molecular weight is 98.1 g/mol. The third-order valence-corrected chi connectivity index (χ3v) is 0.762. The normalized spacial score (nSPS) is 8.00. The van der Waals surface area contributed by atoms with Crippen molar-refractivity contribution in [2.24, 2.45) is 0 Å². The van der Waals surface area contributed by atoms with Crippen LogP contribution in [0.2, 0.25) is 5.28 Å². The average Bonchev–Trinajstić information content (AvgIpc) is 1.35. The summed E-state index contributed by atoms with van der Waals surface area (Å²) >= 11 is 2.65. The van der Waals surface area contributed by atoms with Crippen molar-refractivity contribution in [1.82, 2.24) is 0 Å². The zero-order valence-electron chi connectivity index (χ0n) is 6.36. The first-order valence-corrected chi connectivity index (χ1v) is 2.92. The molecule has 1 heteroatoms. The Kier molecular flexibility index (Phi) is 3.62. The molecule has 34 valence electrons. The van der Waals surface area contributed by atoms with Crippen LogP contribution in [0.4, 0.5) is 0 Å². The predicted octanol–water partition coefficient (Wildman–Crippen LogP) is 1.76. The van der Waals surface area contributed by atoms with E-state index in [2.05, 4.69) is 36.2 Å². The molecule has 0 aliphatic heterocycles. The predicted molar refractivity (Wildman–Crippen MR) is 32.2 cm³/mol. The standard InChI is InChI=1S/C5H9.Al.2H/c1-4-5(2)3;;;/h4H,1H2,2-3H3;;;/q;+2;2*-1. The molecule has 0 radical (unpaired) electrons. The molecule has 0 saturated heterocycles. The maximum atomic E-state index is 2.65. The van der Waals surface area contributed by atoms with E-state index in [9.17, 15) is 0 Å². The van der Waals surface area contributed by atoms with Crippen LogP contribution in [0, 0.1) is 0 Å². The summed E-state index contributed by atoms with van der Waals surface area (Å²) in [6.07, 6.45) is 2.17. The van der Waals surface area contributed by atoms with Crippen molar-refractivity contribution in [3.05, 3.63) is 11.6 Å². The minimum absolute atomic E-state index is 0. The van der Waals surface area contributed by atoms with Crippen molar-refractivity contribution in [2.75, 3.05) is 0 Å². The van der Waals surface area contributed by atoms with Gasteiger partial charge in [-0.3, -0.25) is 0 Å². The van der Waals surface area contributed by atoms with E-state index < -0.39 is 0 Å². The van der Waals surface area contributed by atoms with Crippen molar-refractivity contribution in [1.29, 1.82) is 0 Å². The minimum Gasteiger partial charge on any atom is -1.00 e. The van der Waals surface area contributed by atoms with E-state index in [1.165, 1.54) is 5.57 Å². The molecule has 6 heavy (non-hydrogen) atoms. The van der Waals surface area contributed by atoms with Gasteiger partial charge in [-0.25, -0.2) is 0 Å². The van der Waals surface area contributed by atoms with E-state index in [0.29, 0.717) is 0 Å². The van der Waals surface area contributed by atoms with E-state index in [4.69, 9.17) is 0 Å². The molecule has 0 rings (SSSR count). The maximum Gasteiger partial charge on any atom is -1.00 e. The van der Waals surface area contributed by atoms with Crippen LogP contribution in [0.3, 0.4) is 0 Å². The Labute approximate surface area is 50.6 Å². The van der Waals surface area contributed by atoms with E-state index >= 15 is 0 Å². The summed E-state index contributed by atoms with van der Waals surface area (Å²) < 4.78 is 0. The van der Waals surface area contributed by atoms with Crippen molar-refractivity contribution < 1.29 is 2.85 Å². The summed E-state index contributed by atoms with van der Waals surface area (Å²) in [5.74, 6) is 0. The molecule has 0 aromatic rings. The first-order chi connectivity index (χ1) is 2.77. The smallest absolute Gasteiger partial charge is 1.00 e. The van der Waals surface area contributed by atoms with Crippen LogP contribution < -0.4 is 0 Å². The quantitative estimate of drug-likeness (QED) is 0.346. The van der Waals surface area contributed by atoms with Crippen LogP contribution in [0.15, 0.2) is 11.6 Å². The SMILES string of the molecule is CC(C)=C[CH2][Al+2].[H-].[H-]. The Morgan fingerprint density at radius 1 is 1.83 bits per heavy atom. The Hall–Kier alpha value is 0.272. The third-order valence-electron chi connectivity index (χ3n) is 0.526. The van der Waals surface area contributed by atoms with Crippen LogP contribution in [-0.2, 0) is 0 Å². The van der Waals surface area contributed by atoms with Gasteiger partial charge in [-0.1, -0.05) is 0 Å². The molecule has 0 unspecified atom stereocenters. The summed E-state index contributed by atoms with van der Waals surface area (Å²) in [6, 6.07) is 0. The van der Waals surface area contributed by atoms with E-state index in [1.54, 1.807) is 0 Å². The second-order valence-corrected chi connectivity index (χ2v) is 1.99. The fourth-order valence-corrected chi connectivity index (χ4v) is 0.707. The van der Waals surface area contributed by atoms with Gasteiger partial charge in [0.1, 0.15) is 0 Å². The number of allylic oxidation sites excluding steroid dienone is 2. The topological polar surface area (TPSA) is 0 Å². The second kappa shape index (κ2) is 3.46. The fourth-order valence-electron chi connectivity index (χ4n) is 0.236. The monoisotopic (exact) mass is 98.1 g/mol. The van der Waals surface area contributed by atoms with Gasteiger partial charge in [-0.15, -0.1) is 0 Å². The third kappa shape index (κ3) is 4.27. The van der Waals surface area contributed by atoms with Gasteiger partial charge in [0, 0.05) is 0 Å². The Morgan fingerprint density at radius 3 is 2.33 bits per heavy atom. The van der Waals surface area contributed by atoms with Crippen molar-refractivity contribution in [3.63, 3.8) is 0 Å². The van der Waals surface area contributed by atoms with Crippen LogP contribution >= 0.6 is 0 Å². The first-order valence-electron chi connectivity index (χ1n) is 2.11. The summed E-state index contributed by atoms with van der Waals surface area (Å²) in [5, 5.41) is 1.09. The van der Waals surface area contributed by atoms with Gasteiger partial charge >= 0.3 is 47.1 Å². The molecular formula is C5H11Al. The molecule has 0 bridgehead atoms. The van der Waals surface area contributed by atoms with Crippen molar-refractivity contribution >= 4 is 16.3 Å². The van der Waals surface area contributed by atoms with Gasteiger partial charge in [0.2, 0.25) is 0 Å². The van der Waals surface area contributed by atoms with Crippen molar-refractivity contribution in [3.8, 4) is 0 Å². The number of hydrogen-bond donors (Lipinski definition) is 0. The summed E-state index contributed by atoms with van der Waals surface area (Å²) in [5.41, 5.74) is 1.39. The molecule has 0 fully saturated rings.